The van der Waals surface area contributed by atoms with Gasteiger partial charge in [0.15, 0.2) is 0 Å². The molecule has 0 aromatic carbocycles. The highest BCUT2D eigenvalue weighted by Crippen LogP contribution is 2.20. The summed E-state index contributed by atoms with van der Waals surface area (Å²) >= 11 is 0. The van der Waals surface area contributed by atoms with Crippen molar-refractivity contribution in [1.29, 1.82) is 0 Å². The first kappa shape index (κ1) is 20.1. The van der Waals surface area contributed by atoms with E-state index in [1.54, 1.807) is 6.29 Å². The van der Waals surface area contributed by atoms with Crippen molar-refractivity contribution in [2.24, 2.45) is 11.7 Å². The molecule has 8 heteroatoms. The molecule has 24 heavy (non-hydrogen) atoms. The number of carboxylic acids is 1. The first-order valence-electron chi connectivity index (χ1n) is 8.27. The molecule has 135 valence electrons. The van der Waals surface area contributed by atoms with Crippen LogP contribution in [0.4, 0.5) is 0 Å². The first-order chi connectivity index (χ1) is 11.3. The van der Waals surface area contributed by atoms with E-state index in [1.165, 1.54) is 4.90 Å². The van der Waals surface area contributed by atoms with Crippen molar-refractivity contribution in [1.82, 2.24) is 10.2 Å². The minimum Gasteiger partial charge on any atom is -0.481 e. The van der Waals surface area contributed by atoms with Gasteiger partial charge < -0.3 is 21.1 Å². The number of amides is 2. The molecule has 0 unspecified atom stereocenters. The first-order valence-corrected chi connectivity index (χ1v) is 8.27. The van der Waals surface area contributed by atoms with E-state index >= 15 is 0 Å². The van der Waals surface area contributed by atoms with Gasteiger partial charge in [-0.05, 0) is 25.2 Å². The number of aliphatic carboxylic acids is 1. The average molecular weight is 340 g/mol. The molecule has 1 aliphatic rings. The quantitative estimate of drug-likeness (QED) is 0.533. The topological polar surface area (TPSA) is 130 Å². The molecule has 1 aliphatic heterocycles. The number of nitrogens with zero attached hydrogens (tertiary/aromatic N) is 1. The van der Waals surface area contributed by atoms with Gasteiger partial charge in [0.2, 0.25) is 18.1 Å². The lowest BCUT2D eigenvalue weighted by Gasteiger charge is -2.29. The molecule has 0 bridgehead atoms. The monoisotopic (exact) mass is 340 g/mol. The maximum Gasteiger partial charge on any atom is 0.303 e. The van der Waals surface area contributed by atoms with Crippen LogP contribution in [-0.2, 0) is 19.2 Å². The Morgan fingerprint density at radius 3 is 2.62 bits per heavy atom. The zero-order valence-corrected chi connectivity index (χ0v) is 14.2. The fraction of sp³-hybridized carbons (Fsp3) is 0.750. The third-order valence-electron chi connectivity index (χ3n) is 4.49. The van der Waals surface area contributed by atoms with E-state index in [4.69, 9.17) is 10.8 Å². The van der Waals surface area contributed by atoms with Crippen LogP contribution in [0.1, 0.15) is 46.0 Å². The molecule has 4 atom stereocenters. The number of carbonyl (C=O) groups excluding carboxylic acids is 3. The number of carbonyl (C=O) groups is 3. The lowest BCUT2D eigenvalue weighted by molar-refractivity contribution is -0.140. The summed E-state index contributed by atoms with van der Waals surface area (Å²) in [4.78, 5) is 47.8. The Morgan fingerprint density at radius 2 is 2.08 bits per heavy atom. The second-order valence-corrected chi connectivity index (χ2v) is 6.21. The van der Waals surface area contributed by atoms with Crippen LogP contribution in [0.3, 0.4) is 0 Å². The van der Waals surface area contributed by atoms with Crippen LogP contribution < -0.4 is 11.1 Å². The fourth-order valence-electron chi connectivity index (χ4n) is 2.69. The highest BCUT2D eigenvalue weighted by atomic mass is 16.4. The summed E-state index contributed by atoms with van der Waals surface area (Å²) in [6, 6.07) is -2.33. The van der Waals surface area contributed by atoms with Gasteiger partial charge in [0.25, 0.3) is 0 Å². The van der Waals surface area contributed by atoms with Crippen molar-refractivity contribution in [3.05, 3.63) is 0 Å². The van der Waals surface area contributed by atoms with E-state index in [0.29, 0.717) is 19.4 Å². The molecule has 1 fully saturated rings. The molecule has 0 aromatic rings. The Hall–Kier alpha value is -1.96. The summed E-state index contributed by atoms with van der Waals surface area (Å²) in [5.74, 6) is -1.77. The molecule has 1 rings (SSSR count). The van der Waals surface area contributed by atoms with Crippen molar-refractivity contribution in [2.45, 2.75) is 64.1 Å². The predicted molar refractivity (Wildman–Crippen MR) is 86.7 cm³/mol. The summed E-state index contributed by atoms with van der Waals surface area (Å²) in [5.41, 5.74) is 5.97. The van der Waals surface area contributed by atoms with Crippen LogP contribution in [0, 0.1) is 5.92 Å². The molecule has 0 saturated carbocycles. The Labute approximate surface area is 141 Å². The van der Waals surface area contributed by atoms with Gasteiger partial charge in [-0.25, -0.2) is 0 Å². The number of carboxylic acid groups (broad SMARTS) is 1. The Kier molecular flexibility index (Phi) is 7.84. The molecular weight excluding hydrogens is 314 g/mol. The number of nitrogens with one attached hydrogen (secondary N) is 1. The van der Waals surface area contributed by atoms with Crippen LogP contribution in [0.5, 0.6) is 0 Å². The maximum absolute atomic E-state index is 12.5. The number of hydrogen-bond donors (Lipinski definition) is 3. The molecule has 8 nitrogen and oxygen atoms in total. The molecule has 1 saturated heterocycles. The van der Waals surface area contributed by atoms with Crippen LogP contribution in [0.25, 0.3) is 0 Å². The Bertz CT molecular complexity index is 482. The van der Waals surface area contributed by atoms with Gasteiger partial charge in [-0.1, -0.05) is 20.3 Å². The summed E-state index contributed by atoms with van der Waals surface area (Å²) in [6.07, 6.45) is 3.30. The lowest BCUT2D eigenvalue weighted by atomic mass is 9.98. The average Bonchev–Trinajstić information content (AvgIpc) is 3.05. The third-order valence-corrected chi connectivity index (χ3v) is 4.49. The molecule has 4 N–H and O–H groups in total. The van der Waals surface area contributed by atoms with Gasteiger partial charge in [-0.15, -0.1) is 0 Å². The molecule has 2 amide bonds. The van der Waals surface area contributed by atoms with Gasteiger partial charge in [0, 0.05) is 13.0 Å². The van der Waals surface area contributed by atoms with Crippen molar-refractivity contribution in [3.63, 3.8) is 0 Å². The van der Waals surface area contributed by atoms with Gasteiger partial charge in [0.05, 0.1) is 12.1 Å². The summed E-state index contributed by atoms with van der Waals surface area (Å²) < 4.78 is 0. The summed E-state index contributed by atoms with van der Waals surface area (Å²) in [5, 5.41) is 11.1. The minimum atomic E-state index is -1.05. The normalized spacial score (nSPS) is 21.0. The highest BCUT2D eigenvalue weighted by molar-refractivity contribution is 5.91. The van der Waals surface area contributed by atoms with Crippen molar-refractivity contribution >= 4 is 24.1 Å². The largest absolute Gasteiger partial charge is 0.481 e. The van der Waals surface area contributed by atoms with E-state index < -0.39 is 30.0 Å². The zero-order valence-electron chi connectivity index (χ0n) is 14.2. The molecular formula is C16H26N3O5. The van der Waals surface area contributed by atoms with E-state index in [0.717, 1.165) is 6.42 Å². The molecule has 1 heterocycles. The summed E-state index contributed by atoms with van der Waals surface area (Å²) in [7, 11) is 0. The lowest BCUT2D eigenvalue weighted by Crippen LogP contribution is -2.54. The van der Waals surface area contributed by atoms with Crippen molar-refractivity contribution < 1.29 is 24.3 Å². The Morgan fingerprint density at radius 1 is 1.42 bits per heavy atom. The van der Waals surface area contributed by atoms with E-state index in [-0.39, 0.29) is 24.7 Å². The SMILES string of the molecule is CC[C@H](C)[C@H](N)C(=O)N1CCC[C@H]1C(=O)N[C@H]([C]=O)CCC(=O)O. The fourth-order valence-corrected chi connectivity index (χ4v) is 2.69. The second-order valence-electron chi connectivity index (χ2n) is 6.21. The molecule has 0 aliphatic carbocycles. The summed E-state index contributed by atoms with van der Waals surface area (Å²) in [6.45, 7) is 4.28. The van der Waals surface area contributed by atoms with Gasteiger partial charge in [-0.2, -0.15) is 0 Å². The van der Waals surface area contributed by atoms with E-state index in [9.17, 15) is 19.2 Å². The number of likely N-dealkylation sites (tertiary alicyclic amines) is 1. The third kappa shape index (κ3) is 5.30. The maximum atomic E-state index is 12.5. The van der Waals surface area contributed by atoms with Gasteiger partial charge in [0.1, 0.15) is 6.04 Å². The van der Waals surface area contributed by atoms with Crippen LogP contribution in [-0.4, -0.2) is 58.7 Å². The van der Waals surface area contributed by atoms with Gasteiger partial charge >= 0.3 is 5.97 Å². The molecule has 0 aromatic heterocycles. The van der Waals surface area contributed by atoms with Crippen molar-refractivity contribution in [2.75, 3.05) is 6.54 Å². The molecule has 0 spiro atoms. The van der Waals surface area contributed by atoms with Crippen LogP contribution >= 0.6 is 0 Å². The van der Waals surface area contributed by atoms with Gasteiger partial charge in [-0.3, -0.25) is 19.2 Å². The number of nitrogens with two attached hydrogens (primary N) is 1. The van der Waals surface area contributed by atoms with Crippen molar-refractivity contribution in [3.8, 4) is 0 Å². The standard InChI is InChI=1S/C16H26N3O5/c1-3-10(2)14(17)16(24)19-8-4-5-12(19)15(23)18-11(9-20)6-7-13(21)22/h10-12,14H,3-8,17H2,1-2H3,(H,18,23)(H,21,22)/t10-,11-,12-,14-/m0/s1. The highest BCUT2D eigenvalue weighted by Gasteiger charge is 2.37. The van der Waals surface area contributed by atoms with Crippen LogP contribution in [0.15, 0.2) is 0 Å². The minimum absolute atomic E-state index is 0.00781. The number of rotatable bonds is 9. The number of hydrogen-bond acceptors (Lipinski definition) is 5. The zero-order chi connectivity index (χ0) is 18.3. The molecule has 1 radical (unpaired) electrons. The Balaban J connectivity index is 2.69. The van der Waals surface area contributed by atoms with Crippen LogP contribution in [0.2, 0.25) is 0 Å². The predicted octanol–water partition coefficient (Wildman–Crippen LogP) is -0.190. The van der Waals surface area contributed by atoms with E-state index in [1.807, 2.05) is 13.8 Å². The van der Waals surface area contributed by atoms with E-state index in [2.05, 4.69) is 5.32 Å². The second kappa shape index (κ2) is 9.36. The smallest absolute Gasteiger partial charge is 0.303 e.